The average molecular weight is 377 g/mol. The average Bonchev–Trinajstić information content (AvgIpc) is 3.30. The van der Waals surface area contributed by atoms with Gasteiger partial charge in [0.15, 0.2) is 11.5 Å². The van der Waals surface area contributed by atoms with Gasteiger partial charge in [-0.3, -0.25) is 14.4 Å². The van der Waals surface area contributed by atoms with E-state index in [2.05, 4.69) is 10.6 Å². The van der Waals surface area contributed by atoms with Crippen LogP contribution in [0.25, 0.3) is 0 Å². The summed E-state index contributed by atoms with van der Waals surface area (Å²) in [5.41, 5.74) is 0.595. The van der Waals surface area contributed by atoms with Gasteiger partial charge in [-0.1, -0.05) is 0 Å². The zero-order valence-corrected chi connectivity index (χ0v) is 14.8. The predicted octanol–water partition coefficient (Wildman–Crippen LogP) is 0.576. The zero-order chi connectivity index (χ0) is 18.1. The maximum atomic E-state index is 12.7. The highest BCUT2D eigenvalue weighted by Crippen LogP contribution is 2.33. The van der Waals surface area contributed by atoms with E-state index in [1.54, 1.807) is 23.1 Å². The molecule has 0 unspecified atom stereocenters. The third-order valence-electron chi connectivity index (χ3n) is 4.57. The highest BCUT2D eigenvalue weighted by Gasteiger charge is 2.39. The highest BCUT2D eigenvalue weighted by atomic mass is 32.2. The van der Waals surface area contributed by atoms with Crippen molar-refractivity contribution in [2.75, 3.05) is 30.2 Å². The van der Waals surface area contributed by atoms with Crippen molar-refractivity contribution in [2.24, 2.45) is 0 Å². The molecule has 3 heterocycles. The minimum absolute atomic E-state index is 0.118. The van der Waals surface area contributed by atoms with Gasteiger partial charge in [0.2, 0.25) is 17.7 Å². The van der Waals surface area contributed by atoms with Crippen molar-refractivity contribution >= 4 is 35.2 Å². The molecule has 2 fully saturated rings. The van der Waals surface area contributed by atoms with Gasteiger partial charge in [-0.25, -0.2) is 0 Å². The number of carbonyl (C=O) groups is 3. The van der Waals surface area contributed by atoms with Crippen LogP contribution in [-0.4, -0.2) is 59.5 Å². The van der Waals surface area contributed by atoms with Gasteiger partial charge in [0.05, 0.1) is 5.88 Å². The normalized spacial score (nSPS) is 24.3. The zero-order valence-electron chi connectivity index (χ0n) is 14.0. The number of fused-ring (bicyclic) bond motifs is 1. The summed E-state index contributed by atoms with van der Waals surface area (Å²) < 4.78 is 11.0. The third kappa shape index (κ3) is 3.31. The topological polar surface area (TPSA) is 97.0 Å². The fourth-order valence-electron chi connectivity index (χ4n) is 3.22. The minimum Gasteiger partial charge on any atom is -0.486 e. The highest BCUT2D eigenvalue weighted by molar-refractivity contribution is 7.99. The summed E-state index contributed by atoms with van der Waals surface area (Å²) in [6, 6.07) is 4.14. The van der Waals surface area contributed by atoms with Crippen LogP contribution in [0.4, 0.5) is 5.69 Å². The fraction of sp³-hybridized carbons (Fsp3) is 0.471. The van der Waals surface area contributed by atoms with Gasteiger partial charge < -0.3 is 25.0 Å². The monoisotopic (exact) mass is 377 g/mol. The van der Waals surface area contributed by atoms with Crippen LogP contribution in [0.2, 0.25) is 0 Å². The molecular weight excluding hydrogens is 358 g/mol. The predicted molar refractivity (Wildman–Crippen MR) is 95.2 cm³/mol. The second-order valence-electron chi connectivity index (χ2n) is 6.33. The van der Waals surface area contributed by atoms with Crippen LogP contribution >= 0.6 is 11.8 Å². The summed E-state index contributed by atoms with van der Waals surface area (Å²) in [7, 11) is 0. The molecule has 9 heteroatoms. The second kappa shape index (κ2) is 7.06. The van der Waals surface area contributed by atoms with E-state index in [0.717, 1.165) is 0 Å². The molecule has 3 amide bonds. The second-order valence-corrected chi connectivity index (χ2v) is 7.33. The number of nitrogens with one attached hydrogen (secondary N) is 2. The van der Waals surface area contributed by atoms with Gasteiger partial charge in [0.25, 0.3) is 0 Å². The number of rotatable bonds is 3. The van der Waals surface area contributed by atoms with Gasteiger partial charge in [-0.2, -0.15) is 0 Å². The van der Waals surface area contributed by atoms with E-state index >= 15 is 0 Å². The van der Waals surface area contributed by atoms with Crippen LogP contribution in [0.1, 0.15) is 12.8 Å². The number of benzene rings is 1. The molecule has 138 valence electrons. The number of amides is 3. The van der Waals surface area contributed by atoms with Crippen LogP contribution in [0, 0.1) is 0 Å². The quantitative estimate of drug-likeness (QED) is 0.800. The first kappa shape index (κ1) is 17.0. The smallest absolute Gasteiger partial charge is 0.248 e. The van der Waals surface area contributed by atoms with Crippen LogP contribution in [0.5, 0.6) is 11.5 Å². The van der Waals surface area contributed by atoms with E-state index in [-0.39, 0.29) is 17.7 Å². The van der Waals surface area contributed by atoms with Crippen molar-refractivity contribution < 1.29 is 23.9 Å². The van der Waals surface area contributed by atoms with Crippen LogP contribution in [0.15, 0.2) is 18.2 Å². The molecule has 2 atom stereocenters. The third-order valence-corrected chi connectivity index (χ3v) is 5.58. The summed E-state index contributed by atoms with van der Waals surface area (Å²) in [6.07, 6.45) is 0.834. The lowest BCUT2D eigenvalue weighted by atomic mass is 10.1. The van der Waals surface area contributed by atoms with E-state index in [1.165, 1.54) is 11.8 Å². The Balaban J connectivity index is 1.43. The molecule has 0 bridgehead atoms. The molecule has 2 saturated heterocycles. The summed E-state index contributed by atoms with van der Waals surface area (Å²) in [5.74, 6) is 1.67. The minimum atomic E-state index is -0.557. The van der Waals surface area contributed by atoms with E-state index in [0.29, 0.717) is 54.9 Å². The summed E-state index contributed by atoms with van der Waals surface area (Å²) in [6.45, 7) is 0.978. The van der Waals surface area contributed by atoms with Gasteiger partial charge in [0.1, 0.15) is 25.3 Å². The Labute approximate surface area is 154 Å². The molecule has 2 N–H and O–H groups in total. The van der Waals surface area contributed by atoms with Crippen molar-refractivity contribution in [3.05, 3.63) is 18.2 Å². The van der Waals surface area contributed by atoms with Crippen molar-refractivity contribution in [1.29, 1.82) is 0 Å². The molecule has 3 aliphatic heterocycles. The van der Waals surface area contributed by atoms with Crippen LogP contribution < -0.4 is 20.1 Å². The lowest BCUT2D eigenvalue weighted by Crippen LogP contribution is -2.50. The number of hydrogen-bond acceptors (Lipinski definition) is 6. The summed E-state index contributed by atoms with van der Waals surface area (Å²) >= 11 is 1.53. The standard InChI is InChI=1S/C17H19N3O5S/c21-15-4-2-11(19-15)17(23)20-9-26-8-12(20)16(22)18-10-1-3-13-14(7-10)25-6-5-24-13/h1,3,7,11-12H,2,4-6,8-9H2,(H,18,22)(H,19,21)/t11-,12+/m0/s1. The Morgan fingerprint density at radius 2 is 2.04 bits per heavy atom. The van der Waals surface area contributed by atoms with Gasteiger partial charge in [-0.05, 0) is 18.6 Å². The molecule has 4 rings (SSSR count). The van der Waals surface area contributed by atoms with E-state index in [1.807, 2.05) is 0 Å². The first-order valence-corrected chi connectivity index (χ1v) is 9.65. The fourth-order valence-corrected chi connectivity index (χ4v) is 4.39. The number of carbonyl (C=O) groups excluding carboxylic acids is 3. The summed E-state index contributed by atoms with van der Waals surface area (Å²) in [4.78, 5) is 38.2. The maximum absolute atomic E-state index is 12.7. The van der Waals surface area contributed by atoms with Crippen molar-refractivity contribution in [1.82, 2.24) is 10.2 Å². The molecular formula is C17H19N3O5S. The molecule has 1 aromatic rings. The first-order chi connectivity index (χ1) is 12.6. The molecule has 3 aliphatic rings. The summed E-state index contributed by atoms with van der Waals surface area (Å²) in [5, 5.41) is 5.52. The lowest BCUT2D eigenvalue weighted by molar-refractivity contribution is -0.138. The van der Waals surface area contributed by atoms with Gasteiger partial charge in [-0.15, -0.1) is 11.8 Å². The molecule has 0 aliphatic carbocycles. The molecule has 8 nitrogen and oxygen atoms in total. The van der Waals surface area contributed by atoms with Crippen molar-refractivity contribution in [3.8, 4) is 11.5 Å². The first-order valence-electron chi connectivity index (χ1n) is 8.50. The van der Waals surface area contributed by atoms with Crippen LogP contribution in [-0.2, 0) is 14.4 Å². The number of thioether (sulfide) groups is 1. The number of hydrogen-bond donors (Lipinski definition) is 2. The molecule has 26 heavy (non-hydrogen) atoms. The Morgan fingerprint density at radius 1 is 1.23 bits per heavy atom. The molecule has 0 spiro atoms. The molecule has 1 aromatic carbocycles. The molecule has 0 radical (unpaired) electrons. The number of nitrogens with zero attached hydrogens (tertiary/aromatic N) is 1. The number of ether oxygens (including phenoxy) is 2. The number of anilines is 1. The van der Waals surface area contributed by atoms with Crippen molar-refractivity contribution in [2.45, 2.75) is 24.9 Å². The molecule has 0 saturated carbocycles. The van der Waals surface area contributed by atoms with E-state index in [9.17, 15) is 14.4 Å². The van der Waals surface area contributed by atoms with Gasteiger partial charge >= 0.3 is 0 Å². The lowest BCUT2D eigenvalue weighted by Gasteiger charge is -2.26. The largest absolute Gasteiger partial charge is 0.486 e. The van der Waals surface area contributed by atoms with Crippen molar-refractivity contribution in [3.63, 3.8) is 0 Å². The molecule has 0 aromatic heterocycles. The SMILES string of the molecule is O=C1CC[C@@H](C(=O)N2CSC[C@@H]2C(=O)Nc2ccc3c(c2)OCCO3)N1. The Hall–Kier alpha value is -2.42. The van der Waals surface area contributed by atoms with Crippen LogP contribution in [0.3, 0.4) is 0 Å². The van der Waals surface area contributed by atoms with E-state index < -0.39 is 12.1 Å². The Morgan fingerprint density at radius 3 is 2.81 bits per heavy atom. The van der Waals surface area contributed by atoms with E-state index in [4.69, 9.17) is 9.47 Å². The Kier molecular flexibility index (Phi) is 4.62. The maximum Gasteiger partial charge on any atom is 0.248 e. The van der Waals surface area contributed by atoms with Gasteiger partial charge in [0, 0.05) is 23.9 Å². The Bertz CT molecular complexity index is 756.